The van der Waals surface area contributed by atoms with E-state index >= 15 is 0 Å². The summed E-state index contributed by atoms with van der Waals surface area (Å²) in [7, 11) is 0. The van der Waals surface area contributed by atoms with Gasteiger partial charge in [-0.2, -0.15) is 13.2 Å². The molecule has 2 fully saturated rings. The highest BCUT2D eigenvalue weighted by molar-refractivity contribution is 5.70. The zero-order chi connectivity index (χ0) is 15.8. The minimum atomic E-state index is -4.34. The van der Waals surface area contributed by atoms with E-state index in [1.165, 1.54) is 12.1 Å². The Kier molecular flexibility index (Phi) is 3.76. The Bertz CT molecular complexity index is 551. The van der Waals surface area contributed by atoms with Crippen LogP contribution in [0.2, 0.25) is 0 Å². The predicted molar refractivity (Wildman–Crippen MR) is 73.2 cm³/mol. The summed E-state index contributed by atoms with van der Waals surface area (Å²) in [6, 6.07) is 4.88. The van der Waals surface area contributed by atoms with Crippen LogP contribution in [0, 0.1) is 0 Å². The molecule has 120 valence electrons. The highest BCUT2D eigenvalue weighted by Gasteiger charge is 2.45. The number of nitrogens with one attached hydrogen (secondary N) is 1. The molecule has 1 unspecified atom stereocenters. The van der Waals surface area contributed by atoms with Crippen LogP contribution in [0.15, 0.2) is 24.3 Å². The SMILES string of the molecule is O=C1OC2(CCCNC2)CN1Cc1ccc(C(F)(F)F)cc1. The number of benzene rings is 1. The van der Waals surface area contributed by atoms with Crippen LogP contribution in [-0.4, -0.2) is 36.2 Å². The van der Waals surface area contributed by atoms with E-state index < -0.39 is 23.4 Å². The van der Waals surface area contributed by atoms with Crippen molar-refractivity contribution in [3.63, 3.8) is 0 Å². The molecule has 0 aliphatic carbocycles. The molecule has 2 saturated heterocycles. The van der Waals surface area contributed by atoms with E-state index in [2.05, 4.69) is 5.32 Å². The standard InChI is InChI=1S/C15H17F3N2O2/c16-15(17,18)12-4-2-11(3-5-12)8-20-10-14(22-13(20)21)6-1-7-19-9-14/h2-5,19H,1,6-10H2. The molecule has 7 heteroatoms. The highest BCUT2D eigenvalue weighted by atomic mass is 19.4. The number of halogens is 3. The fraction of sp³-hybridized carbons (Fsp3) is 0.533. The van der Waals surface area contributed by atoms with Gasteiger partial charge in [-0.05, 0) is 37.1 Å². The molecule has 1 aromatic rings. The Labute approximate surface area is 126 Å². The van der Waals surface area contributed by atoms with Crippen LogP contribution in [0.5, 0.6) is 0 Å². The van der Waals surface area contributed by atoms with Crippen LogP contribution in [-0.2, 0) is 17.5 Å². The molecule has 1 aromatic carbocycles. The Balaban J connectivity index is 1.67. The predicted octanol–water partition coefficient (Wildman–Crippen LogP) is 2.78. The van der Waals surface area contributed by atoms with Gasteiger partial charge >= 0.3 is 12.3 Å². The van der Waals surface area contributed by atoms with Gasteiger partial charge < -0.3 is 10.1 Å². The average molecular weight is 314 g/mol. The number of piperidine rings is 1. The number of carbonyl (C=O) groups is 1. The van der Waals surface area contributed by atoms with Crippen molar-refractivity contribution in [3.8, 4) is 0 Å². The van der Waals surface area contributed by atoms with Crippen LogP contribution in [0.4, 0.5) is 18.0 Å². The first kappa shape index (κ1) is 15.1. The van der Waals surface area contributed by atoms with Gasteiger partial charge in [-0.25, -0.2) is 4.79 Å². The first-order valence-corrected chi connectivity index (χ1v) is 7.23. The van der Waals surface area contributed by atoms with Gasteiger partial charge in [-0.3, -0.25) is 4.90 Å². The molecule has 2 aliphatic heterocycles. The molecule has 1 N–H and O–H groups in total. The van der Waals surface area contributed by atoms with Crippen molar-refractivity contribution in [1.82, 2.24) is 10.2 Å². The maximum absolute atomic E-state index is 12.5. The third-order valence-electron chi connectivity index (χ3n) is 4.13. The molecule has 2 heterocycles. The van der Waals surface area contributed by atoms with E-state index in [0.717, 1.165) is 31.5 Å². The maximum atomic E-state index is 12.5. The summed E-state index contributed by atoms with van der Waals surface area (Å²) in [5.74, 6) is 0. The first-order valence-electron chi connectivity index (χ1n) is 7.23. The summed E-state index contributed by atoms with van der Waals surface area (Å²) in [6.07, 6.45) is -2.98. The number of hydrogen-bond donors (Lipinski definition) is 1. The molecule has 3 rings (SSSR count). The lowest BCUT2D eigenvalue weighted by molar-refractivity contribution is -0.137. The highest BCUT2D eigenvalue weighted by Crippen LogP contribution is 2.31. The normalized spacial score (nSPS) is 25.6. The number of amides is 1. The minimum Gasteiger partial charge on any atom is -0.440 e. The summed E-state index contributed by atoms with van der Waals surface area (Å²) in [5, 5.41) is 3.22. The van der Waals surface area contributed by atoms with Crippen molar-refractivity contribution in [2.45, 2.75) is 31.2 Å². The Morgan fingerprint density at radius 1 is 1.27 bits per heavy atom. The average Bonchev–Trinajstić information content (AvgIpc) is 2.75. The van der Waals surface area contributed by atoms with Gasteiger partial charge in [0, 0.05) is 13.1 Å². The summed E-state index contributed by atoms with van der Waals surface area (Å²) < 4.78 is 43.1. The van der Waals surface area contributed by atoms with E-state index in [-0.39, 0.29) is 6.54 Å². The van der Waals surface area contributed by atoms with Gasteiger partial charge in [0.1, 0.15) is 5.60 Å². The number of carbonyl (C=O) groups excluding carboxylic acids is 1. The number of alkyl halides is 3. The fourth-order valence-corrected chi connectivity index (χ4v) is 3.00. The molecule has 4 nitrogen and oxygen atoms in total. The van der Waals surface area contributed by atoms with Crippen molar-refractivity contribution < 1.29 is 22.7 Å². The van der Waals surface area contributed by atoms with Crippen LogP contribution < -0.4 is 5.32 Å². The van der Waals surface area contributed by atoms with Gasteiger partial charge in [-0.1, -0.05) is 12.1 Å². The molecule has 2 aliphatic rings. The molecular weight excluding hydrogens is 297 g/mol. The molecular formula is C15H17F3N2O2. The van der Waals surface area contributed by atoms with Gasteiger partial charge in [0.2, 0.25) is 0 Å². The molecule has 1 atom stereocenters. The van der Waals surface area contributed by atoms with Crippen LogP contribution >= 0.6 is 0 Å². The molecule has 22 heavy (non-hydrogen) atoms. The number of rotatable bonds is 2. The van der Waals surface area contributed by atoms with Crippen LogP contribution in [0.25, 0.3) is 0 Å². The van der Waals surface area contributed by atoms with E-state index in [1.54, 1.807) is 4.90 Å². The van der Waals surface area contributed by atoms with Gasteiger partial charge in [0.25, 0.3) is 0 Å². The summed E-state index contributed by atoms with van der Waals surface area (Å²) in [6.45, 7) is 2.28. The van der Waals surface area contributed by atoms with Crippen molar-refractivity contribution in [3.05, 3.63) is 35.4 Å². The van der Waals surface area contributed by atoms with Crippen molar-refractivity contribution in [2.75, 3.05) is 19.6 Å². The quantitative estimate of drug-likeness (QED) is 0.913. The Morgan fingerprint density at radius 2 is 2.00 bits per heavy atom. The van der Waals surface area contributed by atoms with E-state index in [4.69, 9.17) is 4.74 Å². The number of ether oxygens (including phenoxy) is 1. The summed E-state index contributed by atoms with van der Waals surface area (Å²) >= 11 is 0. The smallest absolute Gasteiger partial charge is 0.416 e. The molecule has 0 radical (unpaired) electrons. The van der Waals surface area contributed by atoms with E-state index in [0.29, 0.717) is 18.7 Å². The molecule has 0 bridgehead atoms. The lowest BCUT2D eigenvalue weighted by Crippen LogP contribution is -2.48. The number of hydrogen-bond acceptors (Lipinski definition) is 3. The Morgan fingerprint density at radius 3 is 2.59 bits per heavy atom. The van der Waals surface area contributed by atoms with Gasteiger partial charge in [-0.15, -0.1) is 0 Å². The zero-order valence-corrected chi connectivity index (χ0v) is 11.9. The number of nitrogens with zero attached hydrogens (tertiary/aromatic N) is 1. The lowest BCUT2D eigenvalue weighted by atomic mass is 9.94. The Hall–Kier alpha value is -1.76. The second-order valence-electron chi connectivity index (χ2n) is 5.88. The molecule has 0 saturated carbocycles. The van der Waals surface area contributed by atoms with Crippen LogP contribution in [0.1, 0.15) is 24.0 Å². The topological polar surface area (TPSA) is 41.6 Å². The monoisotopic (exact) mass is 314 g/mol. The third-order valence-corrected chi connectivity index (χ3v) is 4.13. The van der Waals surface area contributed by atoms with E-state index in [1.807, 2.05) is 0 Å². The van der Waals surface area contributed by atoms with Crippen molar-refractivity contribution in [1.29, 1.82) is 0 Å². The van der Waals surface area contributed by atoms with E-state index in [9.17, 15) is 18.0 Å². The van der Waals surface area contributed by atoms with Crippen molar-refractivity contribution >= 4 is 6.09 Å². The largest absolute Gasteiger partial charge is 0.440 e. The van der Waals surface area contributed by atoms with Crippen LogP contribution in [0.3, 0.4) is 0 Å². The first-order chi connectivity index (χ1) is 10.4. The molecule has 1 amide bonds. The minimum absolute atomic E-state index is 0.263. The second kappa shape index (κ2) is 5.46. The van der Waals surface area contributed by atoms with Crippen molar-refractivity contribution in [2.24, 2.45) is 0 Å². The van der Waals surface area contributed by atoms with Gasteiger partial charge in [0.15, 0.2) is 0 Å². The molecule has 0 aromatic heterocycles. The lowest BCUT2D eigenvalue weighted by Gasteiger charge is -2.31. The summed E-state index contributed by atoms with van der Waals surface area (Å²) in [4.78, 5) is 13.5. The maximum Gasteiger partial charge on any atom is 0.416 e. The fourth-order valence-electron chi connectivity index (χ4n) is 3.00. The third kappa shape index (κ3) is 3.04. The second-order valence-corrected chi connectivity index (χ2v) is 5.88. The zero-order valence-electron chi connectivity index (χ0n) is 11.9. The summed E-state index contributed by atoms with van der Waals surface area (Å²) in [5.41, 5.74) is -0.514. The molecule has 1 spiro atoms. The van der Waals surface area contributed by atoms with Gasteiger partial charge in [0.05, 0.1) is 12.1 Å².